The number of ether oxygens (including phenoxy) is 1. The van der Waals surface area contributed by atoms with Crippen LogP contribution in [0.1, 0.15) is 32.8 Å². The molecular weight excluding hydrogens is 290 g/mol. The first kappa shape index (κ1) is 17.3. The Morgan fingerprint density at radius 1 is 1.30 bits per heavy atom. The summed E-state index contributed by atoms with van der Waals surface area (Å²) in [6, 6.07) is 12.5. The monoisotopic (exact) mass is 315 g/mol. The number of amides is 1. The Kier molecular flexibility index (Phi) is 5.62. The molecule has 1 aliphatic heterocycles. The van der Waals surface area contributed by atoms with Crippen LogP contribution < -0.4 is 0 Å². The molecule has 0 N–H and O–H groups in total. The lowest BCUT2D eigenvalue weighted by molar-refractivity contribution is 0.00294. The minimum Gasteiger partial charge on any atom is -0.444 e. The molecule has 23 heavy (non-hydrogen) atoms. The van der Waals surface area contributed by atoms with Gasteiger partial charge in [-0.25, -0.2) is 4.79 Å². The summed E-state index contributed by atoms with van der Waals surface area (Å²) < 4.78 is 5.44. The first-order valence-corrected chi connectivity index (χ1v) is 8.02. The maximum atomic E-state index is 12.2. The Bertz CT molecular complexity index is 560. The number of hydrogen-bond donors (Lipinski definition) is 0. The number of carbonyl (C=O) groups excluding carboxylic acids is 1. The molecule has 2 rings (SSSR count). The van der Waals surface area contributed by atoms with E-state index < -0.39 is 5.60 Å². The summed E-state index contributed by atoms with van der Waals surface area (Å²) in [7, 11) is 0. The molecular formula is C18H25N3O2. The van der Waals surface area contributed by atoms with Crippen LogP contribution in [0.3, 0.4) is 0 Å². The SMILES string of the molecule is CC(C)(C)OC(=O)N1CCN(Cc2ccccc2)C(CC#N)C1. The molecule has 5 heteroatoms. The van der Waals surface area contributed by atoms with Gasteiger partial charge in [-0.15, -0.1) is 0 Å². The van der Waals surface area contributed by atoms with Gasteiger partial charge in [0.05, 0.1) is 12.5 Å². The van der Waals surface area contributed by atoms with Gasteiger partial charge in [0, 0.05) is 32.2 Å². The molecule has 1 aliphatic rings. The number of hydrogen-bond acceptors (Lipinski definition) is 4. The zero-order valence-corrected chi connectivity index (χ0v) is 14.2. The van der Waals surface area contributed by atoms with Gasteiger partial charge in [-0.3, -0.25) is 4.90 Å². The minimum absolute atomic E-state index is 0.0430. The van der Waals surface area contributed by atoms with E-state index in [1.54, 1.807) is 4.90 Å². The molecule has 124 valence electrons. The van der Waals surface area contributed by atoms with Crippen molar-refractivity contribution in [2.45, 2.75) is 45.4 Å². The van der Waals surface area contributed by atoms with Crippen LogP contribution in [0.5, 0.6) is 0 Å². The van der Waals surface area contributed by atoms with Gasteiger partial charge in [0.25, 0.3) is 0 Å². The van der Waals surface area contributed by atoms with Gasteiger partial charge in [0.15, 0.2) is 0 Å². The van der Waals surface area contributed by atoms with Crippen molar-refractivity contribution < 1.29 is 9.53 Å². The molecule has 0 spiro atoms. The quantitative estimate of drug-likeness (QED) is 0.860. The molecule has 1 saturated heterocycles. The lowest BCUT2D eigenvalue weighted by Crippen LogP contribution is -2.55. The van der Waals surface area contributed by atoms with Gasteiger partial charge >= 0.3 is 6.09 Å². The van der Waals surface area contributed by atoms with E-state index in [0.717, 1.165) is 13.1 Å². The van der Waals surface area contributed by atoms with Crippen LogP contribution in [0.4, 0.5) is 4.79 Å². The molecule has 1 fully saturated rings. The van der Waals surface area contributed by atoms with Gasteiger partial charge in [0.2, 0.25) is 0 Å². The van der Waals surface area contributed by atoms with E-state index in [1.807, 2.05) is 39.0 Å². The average Bonchev–Trinajstić information content (AvgIpc) is 2.48. The van der Waals surface area contributed by atoms with Gasteiger partial charge in [-0.1, -0.05) is 30.3 Å². The highest BCUT2D eigenvalue weighted by molar-refractivity contribution is 5.68. The highest BCUT2D eigenvalue weighted by atomic mass is 16.6. The van der Waals surface area contributed by atoms with Gasteiger partial charge in [0.1, 0.15) is 5.60 Å². The zero-order chi connectivity index (χ0) is 16.9. The third-order valence-electron chi connectivity index (χ3n) is 3.81. The number of rotatable bonds is 3. The lowest BCUT2D eigenvalue weighted by atomic mass is 10.1. The predicted octanol–water partition coefficient (Wildman–Crippen LogP) is 3.02. The maximum Gasteiger partial charge on any atom is 0.410 e. The van der Waals surface area contributed by atoms with Crippen LogP contribution in [0.2, 0.25) is 0 Å². The van der Waals surface area contributed by atoms with E-state index in [0.29, 0.717) is 19.5 Å². The minimum atomic E-state index is -0.497. The Balaban J connectivity index is 2.00. The van der Waals surface area contributed by atoms with Crippen molar-refractivity contribution in [3.8, 4) is 6.07 Å². The summed E-state index contributed by atoms with van der Waals surface area (Å²) in [6.07, 6.45) is 0.117. The van der Waals surface area contributed by atoms with Crippen molar-refractivity contribution in [3.05, 3.63) is 35.9 Å². The molecule has 1 amide bonds. The molecule has 1 aromatic rings. The smallest absolute Gasteiger partial charge is 0.410 e. The fourth-order valence-corrected chi connectivity index (χ4v) is 2.71. The molecule has 0 radical (unpaired) electrons. The van der Waals surface area contributed by atoms with Crippen molar-refractivity contribution in [1.82, 2.24) is 9.80 Å². The summed E-state index contributed by atoms with van der Waals surface area (Å²) >= 11 is 0. The topological polar surface area (TPSA) is 56.6 Å². The van der Waals surface area contributed by atoms with E-state index in [4.69, 9.17) is 10.00 Å². The van der Waals surface area contributed by atoms with Crippen molar-refractivity contribution in [3.63, 3.8) is 0 Å². The average molecular weight is 315 g/mol. The Hall–Kier alpha value is -2.06. The normalized spacial score (nSPS) is 19.2. The standard InChI is InChI=1S/C18H25N3O2/c1-18(2,3)23-17(22)21-12-11-20(16(14-21)9-10-19)13-15-7-5-4-6-8-15/h4-8,16H,9,11-14H2,1-3H3. The number of benzene rings is 1. The number of nitrogens with zero attached hydrogens (tertiary/aromatic N) is 3. The third kappa shape index (κ3) is 5.26. The molecule has 1 heterocycles. The molecule has 5 nitrogen and oxygen atoms in total. The van der Waals surface area contributed by atoms with E-state index in [1.165, 1.54) is 5.56 Å². The summed E-state index contributed by atoms with van der Waals surface area (Å²) in [6.45, 7) is 8.31. The van der Waals surface area contributed by atoms with Gasteiger partial charge in [-0.2, -0.15) is 5.26 Å². The Morgan fingerprint density at radius 2 is 2.00 bits per heavy atom. The first-order chi connectivity index (χ1) is 10.9. The van der Waals surface area contributed by atoms with Crippen molar-refractivity contribution in [2.75, 3.05) is 19.6 Å². The van der Waals surface area contributed by atoms with Crippen LogP contribution in [0.15, 0.2) is 30.3 Å². The zero-order valence-electron chi connectivity index (χ0n) is 14.2. The summed E-state index contributed by atoms with van der Waals surface area (Å²) in [4.78, 5) is 16.2. The van der Waals surface area contributed by atoms with Crippen LogP contribution in [0, 0.1) is 11.3 Å². The molecule has 0 saturated carbocycles. The number of nitriles is 1. The fraction of sp³-hybridized carbons (Fsp3) is 0.556. The van der Waals surface area contributed by atoms with E-state index in [2.05, 4.69) is 23.1 Å². The molecule has 0 bridgehead atoms. The lowest BCUT2D eigenvalue weighted by Gasteiger charge is -2.40. The van der Waals surface area contributed by atoms with Crippen LogP contribution >= 0.6 is 0 Å². The van der Waals surface area contributed by atoms with E-state index in [-0.39, 0.29) is 12.1 Å². The van der Waals surface area contributed by atoms with Crippen LogP contribution in [0.25, 0.3) is 0 Å². The van der Waals surface area contributed by atoms with Crippen molar-refractivity contribution >= 4 is 6.09 Å². The maximum absolute atomic E-state index is 12.2. The first-order valence-electron chi connectivity index (χ1n) is 8.02. The third-order valence-corrected chi connectivity index (χ3v) is 3.81. The Morgan fingerprint density at radius 3 is 2.61 bits per heavy atom. The molecule has 0 aromatic heterocycles. The highest BCUT2D eigenvalue weighted by Crippen LogP contribution is 2.18. The number of carbonyl (C=O) groups is 1. The van der Waals surface area contributed by atoms with Crippen LogP contribution in [-0.2, 0) is 11.3 Å². The van der Waals surface area contributed by atoms with E-state index in [9.17, 15) is 4.79 Å². The second-order valence-corrected chi connectivity index (χ2v) is 6.90. The molecule has 1 aromatic carbocycles. The number of piperazine rings is 1. The molecule has 0 aliphatic carbocycles. The predicted molar refractivity (Wildman–Crippen MR) is 88.7 cm³/mol. The summed E-state index contributed by atoms with van der Waals surface area (Å²) in [5.41, 5.74) is 0.726. The van der Waals surface area contributed by atoms with Gasteiger partial charge < -0.3 is 9.64 Å². The summed E-state index contributed by atoms with van der Waals surface area (Å²) in [5.74, 6) is 0. The summed E-state index contributed by atoms with van der Waals surface area (Å²) in [5, 5.41) is 9.10. The van der Waals surface area contributed by atoms with E-state index >= 15 is 0 Å². The molecule has 1 unspecified atom stereocenters. The fourth-order valence-electron chi connectivity index (χ4n) is 2.71. The Labute approximate surface area is 138 Å². The molecule has 1 atom stereocenters. The van der Waals surface area contributed by atoms with Crippen molar-refractivity contribution in [1.29, 1.82) is 5.26 Å². The second kappa shape index (κ2) is 7.47. The van der Waals surface area contributed by atoms with Gasteiger partial charge in [-0.05, 0) is 26.3 Å². The highest BCUT2D eigenvalue weighted by Gasteiger charge is 2.31. The second-order valence-electron chi connectivity index (χ2n) is 6.90. The largest absolute Gasteiger partial charge is 0.444 e. The van der Waals surface area contributed by atoms with Crippen molar-refractivity contribution in [2.24, 2.45) is 0 Å². The van der Waals surface area contributed by atoms with Crippen LogP contribution in [-0.4, -0.2) is 47.2 Å².